The second kappa shape index (κ2) is 3.91. The molecule has 14 heavy (non-hydrogen) atoms. The molecule has 0 heterocycles. The molecule has 0 aliphatic heterocycles. The van der Waals surface area contributed by atoms with Crippen molar-refractivity contribution in [2.24, 2.45) is 11.8 Å². The Hall–Kier alpha value is 0.0700. The summed E-state index contributed by atoms with van der Waals surface area (Å²) in [6.07, 6.45) is 0.668. The van der Waals surface area contributed by atoms with Crippen molar-refractivity contribution < 1.29 is 24.1 Å². The highest BCUT2D eigenvalue weighted by Crippen LogP contribution is 2.53. The van der Waals surface area contributed by atoms with Crippen LogP contribution in [-0.2, 0) is 14.1 Å². The molecule has 0 aromatic carbocycles. The lowest BCUT2D eigenvalue weighted by Gasteiger charge is -2.16. The highest BCUT2D eigenvalue weighted by atomic mass is 31.2. The van der Waals surface area contributed by atoms with Crippen LogP contribution in [0.2, 0.25) is 0 Å². The number of aliphatic hydroxyl groups is 1. The van der Waals surface area contributed by atoms with Gasteiger partial charge in [-0.15, -0.1) is 4.67 Å². The summed E-state index contributed by atoms with van der Waals surface area (Å²) in [5.41, 5.74) is -0.761. The van der Waals surface area contributed by atoms with Gasteiger partial charge >= 0.3 is 7.60 Å². The number of rotatable bonds is 5. The maximum absolute atomic E-state index is 10.8. The molecule has 1 aliphatic carbocycles. The molecular formula is C8H17O5P. The summed E-state index contributed by atoms with van der Waals surface area (Å²) in [7, 11) is -3.63. The van der Waals surface area contributed by atoms with Crippen LogP contribution in [0.1, 0.15) is 20.3 Å². The summed E-state index contributed by atoms with van der Waals surface area (Å²) in [5, 5.41) is 9.10. The van der Waals surface area contributed by atoms with Crippen LogP contribution >= 0.6 is 7.60 Å². The van der Waals surface area contributed by atoms with E-state index < -0.39 is 13.2 Å². The van der Waals surface area contributed by atoms with Gasteiger partial charge in [-0.3, -0.25) is 4.57 Å². The van der Waals surface area contributed by atoms with Crippen LogP contribution in [0.25, 0.3) is 0 Å². The Morgan fingerprint density at radius 2 is 2.21 bits per heavy atom. The maximum Gasteiger partial charge on any atom is 0.352 e. The number of aliphatic hydroxyl groups excluding tert-OH is 1. The molecule has 0 aromatic rings. The summed E-state index contributed by atoms with van der Waals surface area (Å²) in [6.45, 7) is 4.88. The van der Waals surface area contributed by atoms with E-state index in [0.717, 1.165) is 6.66 Å². The molecule has 5 nitrogen and oxygen atoms in total. The first kappa shape index (κ1) is 12.1. The van der Waals surface area contributed by atoms with Crippen molar-refractivity contribution >= 4 is 7.60 Å². The third kappa shape index (κ3) is 2.78. The zero-order valence-corrected chi connectivity index (χ0v) is 9.53. The average molecular weight is 224 g/mol. The Bertz CT molecular complexity index is 248. The van der Waals surface area contributed by atoms with Crippen molar-refractivity contribution in [3.05, 3.63) is 0 Å². The van der Waals surface area contributed by atoms with Gasteiger partial charge in [0, 0.05) is 6.66 Å². The van der Waals surface area contributed by atoms with Crippen LogP contribution in [0.15, 0.2) is 0 Å². The molecule has 2 N–H and O–H groups in total. The van der Waals surface area contributed by atoms with Gasteiger partial charge in [0.05, 0.1) is 6.61 Å². The van der Waals surface area contributed by atoms with Crippen LogP contribution in [0.3, 0.4) is 0 Å². The molecule has 3 atom stereocenters. The zero-order valence-electron chi connectivity index (χ0n) is 8.64. The SMILES string of the molecule is CC(C)C1CC1(CO)OOP(C)(=O)O. The van der Waals surface area contributed by atoms with Crippen LogP contribution in [0.5, 0.6) is 0 Å². The second-order valence-corrected chi connectivity index (χ2v) is 5.99. The van der Waals surface area contributed by atoms with Crippen molar-refractivity contribution in [1.29, 1.82) is 0 Å². The molecule has 0 bridgehead atoms. The van der Waals surface area contributed by atoms with Gasteiger partial charge in [0.1, 0.15) is 5.60 Å². The fourth-order valence-corrected chi connectivity index (χ4v) is 1.89. The first-order valence-electron chi connectivity index (χ1n) is 4.59. The van der Waals surface area contributed by atoms with Gasteiger partial charge < -0.3 is 10.00 Å². The Kier molecular flexibility index (Phi) is 3.39. The predicted octanol–water partition coefficient (Wildman–Crippen LogP) is 1.16. The van der Waals surface area contributed by atoms with Gasteiger partial charge in [-0.05, 0) is 18.3 Å². The number of hydrogen-bond donors (Lipinski definition) is 2. The molecule has 1 rings (SSSR count). The molecule has 0 radical (unpaired) electrons. The molecule has 0 saturated heterocycles. The van der Waals surface area contributed by atoms with Crippen molar-refractivity contribution in [2.45, 2.75) is 25.9 Å². The van der Waals surface area contributed by atoms with Gasteiger partial charge in [-0.25, -0.2) is 4.89 Å². The van der Waals surface area contributed by atoms with Crippen LogP contribution in [0, 0.1) is 11.8 Å². The summed E-state index contributed by atoms with van der Waals surface area (Å²) in [5.74, 6) is 0.555. The molecule has 1 saturated carbocycles. The van der Waals surface area contributed by atoms with Gasteiger partial charge in [-0.1, -0.05) is 13.8 Å². The van der Waals surface area contributed by atoms with Crippen LogP contribution < -0.4 is 0 Å². The smallest absolute Gasteiger partial charge is 0.352 e. The standard InChI is InChI=1S/C8H17O5P/c1-6(2)7-4-8(7,5-9)12-13-14(3,10)11/h6-7,9H,4-5H2,1-3H3,(H,10,11). The molecule has 1 fully saturated rings. The van der Waals surface area contributed by atoms with Gasteiger partial charge in [0.25, 0.3) is 0 Å². The molecule has 6 heteroatoms. The first-order chi connectivity index (χ1) is 6.31. The maximum atomic E-state index is 10.8. The van der Waals surface area contributed by atoms with Crippen molar-refractivity contribution in [3.63, 3.8) is 0 Å². The highest BCUT2D eigenvalue weighted by molar-refractivity contribution is 7.51. The normalized spacial score (nSPS) is 35.7. The van der Waals surface area contributed by atoms with E-state index in [4.69, 9.17) is 14.9 Å². The summed E-state index contributed by atoms with van der Waals surface area (Å²) >= 11 is 0. The van der Waals surface area contributed by atoms with E-state index in [-0.39, 0.29) is 12.5 Å². The van der Waals surface area contributed by atoms with E-state index in [2.05, 4.69) is 4.67 Å². The summed E-state index contributed by atoms with van der Waals surface area (Å²) in [4.78, 5) is 13.7. The molecule has 1 aliphatic rings. The lowest BCUT2D eigenvalue weighted by atomic mass is 10.1. The van der Waals surface area contributed by atoms with Gasteiger partial charge in [-0.2, -0.15) is 0 Å². The molecule has 84 valence electrons. The minimum absolute atomic E-state index is 0.185. The number of hydrogen-bond acceptors (Lipinski definition) is 4. The Morgan fingerprint density at radius 1 is 1.64 bits per heavy atom. The van der Waals surface area contributed by atoms with E-state index in [1.807, 2.05) is 13.8 Å². The molecule has 0 aromatic heterocycles. The monoisotopic (exact) mass is 224 g/mol. The molecule has 0 spiro atoms. The lowest BCUT2D eigenvalue weighted by molar-refractivity contribution is -0.275. The fraction of sp³-hybridized carbons (Fsp3) is 1.00. The first-order valence-corrected chi connectivity index (χ1v) is 6.62. The minimum atomic E-state index is -3.63. The highest BCUT2D eigenvalue weighted by Gasteiger charge is 2.58. The summed E-state index contributed by atoms with van der Waals surface area (Å²) in [6, 6.07) is 0. The third-order valence-corrected chi connectivity index (χ3v) is 2.85. The van der Waals surface area contributed by atoms with Crippen molar-refractivity contribution in [2.75, 3.05) is 13.3 Å². The van der Waals surface area contributed by atoms with E-state index in [0.29, 0.717) is 12.3 Å². The van der Waals surface area contributed by atoms with E-state index in [1.165, 1.54) is 0 Å². The Balaban J connectivity index is 2.47. The Labute approximate surface area is 83.5 Å². The molecular weight excluding hydrogens is 207 g/mol. The second-order valence-electron chi connectivity index (χ2n) is 4.24. The minimum Gasteiger partial charge on any atom is -0.393 e. The summed E-state index contributed by atoms with van der Waals surface area (Å²) < 4.78 is 15.2. The third-order valence-electron chi connectivity index (χ3n) is 2.49. The van der Waals surface area contributed by atoms with E-state index in [9.17, 15) is 4.57 Å². The predicted molar refractivity (Wildman–Crippen MR) is 50.7 cm³/mol. The van der Waals surface area contributed by atoms with Gasteiger partial charge in [0.15, 0.2) is 0 Å². The van der Waals surface area contributed by atoms with Crippen molar-refractivity contribution in [1.82, 2.24) is 0 Å². The lowest BCUT2D eigenvalue weighted by Crippen LogP contribution is -2.23. The van der Waals surface area contributed by atoms with Crippen molar-refractivity contribution in [3.8, 4) is 0 Å². The topological polar surface area (TPSA) is 76.0 Å². The zero-order chi connectivity index (χ0) is 11.0. The van der Waals surface area contributed by atoms with E-state index in [1.54, 1.807) is 0 Å². The molecule has 3 unspecified atom stereocenters. The largest absolute Gasteiger partial charge is 0.393 e. The quantitative estimate of drug-likeness (QED) is 0.416. The molecule has 0 amide bonds. The Morgan fingerprint density at radius 3 is 2.50 bits per heavy atom. The fourth-order valence-electron chi connectivity index (χ4n) is 1.60. The van der Waals surface area contributed by atoms with Crippen LogP contribution in [0.4, 0.5) is 0 Å². The van der Waals surface area contributed by atoms with E-state index >= 15 is 0 Å². The van der Waals surface area contributed by atoms with Crippen LogP contribution in [-0.4, -0.2) is 28.9 Å². The average Bonchev–Trinajstić information content (AvgIpc) is 2.75. The van der Waals surface area contributed by atoms with Gasteiger partial charge in [0.2, 0.25) is 0 Å².